The van der Waals surface area contributed by atoms with E-state index >= 15 is 0 Å². The fourth-order valence-corrected chi connectivity index (χ4v) is 2.11. The van der Waals surface area contributed by atoms with E-state index < -0.39 is 18.8 Å². The summed E-state index contributed by atoms with van der Waals surface area (Å²) in [5.74, 6) is -0.224. The van der Waals surface area contributed by atoms with Gasteiger partial charge in [0.1, 0.15) is 11.9 Å². The summed E-state index contributed by atoms with van der Waals surface area (Å²) in [7, 11) is 0. The second-order valence-electron chi connectivity index (χ2n) is 4.80. The van der Waals surface area contributed by atoms with Crippen LogP contribution in [0, 0.1) is 0 Å². The maximum absolute atomic E-state index is 12.3. The van der Waals surface area contributed by atoms with Crippen LogP contribution in [0.2, 0.25) is 0 Å². The van der Waals surface area contributed by atoms with Crippen molar-refractivity contribution < 1.29 is 28.2 Å². The molecule has 2 rings (SSSR count). The number of carbonyl (C=O) groups is 1. The van der Waals surface area contributed by atoms with Gasteiger partial charge in [-0.3, -0.25) is 4.79 Å². The van der Waals surface area contributed by atoms with Gasteiger partial charge in [-0.05, 0) is 31.2 Å². The summed E-state index contributed by atoms with van der Waals surface area (Å²) < 4.78 is 33.7. The van der Waals surface area contributed by atoms with Gasteiger partial charge in [0, 0.05) is 18.7 Å². The van der Waals surface area contributed by atoms with Crippen molar-refractivity contribution in [2.24, 2.45) is 0 Å². The summed E-state index contributed by atoms with van der Waals surface area (Å²) in [5, 5.41) is 9.52. The molecule has 21 heavy (non-hydrogen) atoms. The molecule has 5 nitrogen and oxygen atoms in total. The summed E-state index contributed by atoms with van der Waals surface area (Å²) in [5.41, 5.74) is 0.378. The number of alkyl halides is 2. The van der Waals surface area contributed by atoms with Gasteiger partial charge < -0.3 is 19.5 Å². The molecular formula is C14H17F2NO4. The van der Waals surface area contributed by atoms with Gasteiger partial charge in [0.15, 0.2) is 0 Å². The van der Waals surface area contributed by atoms with Gasteiger partial charge in [-0.15, -0.1) is 0 Å². The number of ether oxygens (including phenoxy) is 2. The topological polar surface area (TPSA) is 59.0 Å². The van der Waals surface area contributed by atoms with Crippen molar-refractivity contribution in [3.63, 3.8) is 0 Å². The molecule has 1 N–H and O–H groups in total. The van der Waals surface area contributed by atoms with Crippen LogP contribution in [0.3, 0.4) is 0 Å². The Labute approximate surface area is 121 Å². The Balaban J connectivity index is 2.02. The molecule has 2 atom stereocenters. The van der Waals surface area contributed by atoms with E-state index in [0.29, 0.717) is 25.3 Å². The van der Waals surface area contributed by atoms with Gasteiger partial charge in [-0.25, -0.2) is 0 Å². The first kappa shape index (κ1) is 15.7. The van der Waals surface area contributed by atoms with Gasteiger partial charge in [-0.2, -0.15) is 8.78 Å². The predicted molar refractivity (Wildman–Crippen MR) is 70.4 cm³/mol. The molecule has 7 heteroatoms. The average Bonchev–Trinajstić information content (AvgIpc) is 2.47. The molecule has 2 unspecified atom stereocenters. The summed E-state index contributed by atoms with van der Waals surface area (Å²) in [6, 6.07) is 5.53. The van der Waals surface area contributed by atoms with Crippen molar-refractivity contribution in [1.29, 1.82) is 0 Å². The van der Waals surface area contributed by atoms with E-state index in [4.69, 9.17) is 4.74 Å². The van der Waals surface area contributed by atoms with E-state index in [9.17, 15) is 18.7 Å². The molecule has 0 saturated carbocycles. The Morgan fingerprint density at radius 1 is 1.43 bits per heavy atom. The van der Waals surface area contributed by atoms with Crippen molar-refractivity contribution in [1.82, 2.24) is 4.90 Å². The summed E-state index contributed by atoms with van der Waals surface area (Å²) in [6.07, 6.45) is -1.08. The third kappa shape index (κ3) is 4.12. The monoisotopic (exact) mass is 301 g/mol. The number of nitrogens with zero attached hydrogens (tertiary/aromatic N) is 1. The summed E-state index contributed by atoms with van der Waals surface area (Å²) in [4.78, 5) is 13.9. The molecule has 1 fully saturated rings. The number of carbonyl (C=O) groups excluding carboxylic acids is 1. The number of aliphatic hydroxyl groups is 1. The van der Waals surface area contributed by atoms with Crippen molar-refractivity contribution in [2.75, 3.05) is 19.7 Å². The maximum Gasteiger partial charge on any atom is 0.387 e. The largest absolute Gasteiger partial charge is 0.435 e. The predicted octanol–water partition coefficient (Wildman–Crippen LogP) is 1.51. The minimum absolute atomic E-state index is 0.00499. The molecule has 1 aromatic rings. The second-order valence-corrected chi connectivity index (χ2v) is 4.80. The van der Waals surface area contributed by atoms with E-state index in [1.54, 1.807) is 11.8 Å². The minimum Gasteiger partial charge on any atom is -0.435 e. The second kappa shape index (κ2) is 6.82. The molecule has 116 valence electrons. The van der Waals surface area contributed by atoms with Gasteiger partial charge in [0.25, 0.3) is 5.91 Å². The van der Waals surface area contributed by atoms with Crippen LogP contribution >= 0.6 is 0 Å². The zero-order valence-electron chi connectivity index (χ0n) is 11.5. The Morgan fingerprint density at radius 2 is 2.10 bits per heavy atom. The number of hydrogen-bond acceptors (Lipinski definition) is 4. The standard InChI is InChI=1S/C14H17F2NO4/c1-9(18)12-8-17(6-7-20-12)13(19)10-2-4-11(5-3-10)21-14(15)16/h2-5,9,12,14,18H,6-8H2,1H3. The van der Waals surface area contributed by atoms with Gasteiger partial charge in [-0.1, -0.05) is 0 Å². The molecule has 0 spiro atoms. The molecule has 0 aliphatic carbocycles. The molecule has 0 aromatic heterocycles. The first-order valence-electron chi connectivity index (χ1n) is 6.61. The lowest BCUT2D eigenvalue weighted by atomic mass is 10.1. The van der Waals surface area contributed by atoms with Crippen LogP contribution in [0.25, 0.3) is 0 Å². The van der Waals surface area contributed by atoms with Gasteiger partial charge >= 0.3 is 6.61 Å². The average molecular weight is 301 g/mol. The van der Waals surface area contributed by atoms with E-state index in [1.807, 2.05) is 0 Å². The minimum atomic E-state index is -2.89. The molecule has 1 aliphatic rings. The number of halogens is 2. The maximum atomic E-state index is 12.3. The fourth-order valence-electron chi connectivity index (χ4n) is 2.11. The van der Waals surface area contributed by atoms with Crippen molar-refractivity contribution in [3.05, 3.63) is 29.8 Å². The number of morpholine rings is 1. The quantitative estimate of drug-likeness (QED) is 0.916. The van der Waals surface area contributed by atoms with Crippen LogP contribution in [-0.4, -0.2) is 54.4 Å². The van der Waals surface area contributed by atoms with E-state index in [1.165, 1.54) is 24.3 Å². The first-order valence-corrected chi connectivity index (χ1v) is 6.61. The van der Waals surface area contributed by atoms with Gasteiger partial charge in [0.05, 0.1) is 12.7 Å². The fraction of sp³-hybridized carbons (Fsp3) is 0.500. The highest BCUT2D eigenvalue weighted by Crippen LogP contribution is 2.17. The Morgan fingerprint density at radius 3 is 2.67 bits per heavy atom. The Bertz CT molecular complexity index is 478. The SMILES string of the molecule is CC(O)C1CN(C(=O)c2ccc(OC(F)F)cc2)CCO1. The van der Waals surface area contributed by atoms with E-state index in [0.717, 1.165) is 0 Å². The molecule has 1 aromatic carbocycles. The molecule has 0 radical (unpaired) electrons. The Kier molecular flexibility index (Phi) is 5.08. The van der Waals surface area contributed by atoms with E-state index in [2.05, 4.69) is 4.74 Å². The molecule has 1 heterocycles. The van der Waals surface area contributed by atoms with Crippen molar-refractivity contribution in [3.8, 4) is 5.75 Å². The molecule has 1 saturated heterocycles. The summed E-state index contributed by atoms with van der Waals surface area (Å²) >= 11 is 0. The molecule has 1 amide bonds. The van der Waals surface area contributed by atoms with Crippen LogP contribution in [0.1, 0.15) is 17.3 Å². The molecule has 1 aliphatic heterocycles. The number of benzene rings is 1. The highest BCUT2D eigenvalue weighted by atomic mass is 19.3. The molecule has 0 bridgehead atoms. The van der Waals surface area contributed by atoms with Crippen LogP contribution in [0.4, 0.5) is 8.78 Å². The smallest absolute Gasteiger partial charge is 0.387 e. The third-order valence-electron chi connectivity index (χ3n) is 3.25. The van der Waals surface area contributed by atoms with Gasteiger partial charge in [0.2, 0.25) is 0 Å². The number of amides is 1. The number of hydrogen-bond donors (Lipinski definition) is 1. The van der Waals surface area contributed by atoms with Crippen LogP contribution in [-0.2, 0) is 4.74 Å². The third-order valence-corrected chi connectivity index (χ3v) is 3.25. The highest BCUT2D eigenvalue weighted by Gasteiger charge is 2.27. The number of aliphatic hydroxyl groups excluding tert-OH is 1. The lowest BCUT2D eigenvalue weighted by Crippen LogP contribution is -2.49. The van der Waals surface area contributed by atoms with Crippen LogP contribution < -0.4 is 4.74 Å². The van der Waals surface area contributed by atoms with E-state index in [-0.39, 0.29) is 11.7 Å². The van der Waals surface area contributed by atoms with Crippen LogP contribution in [0.15, 0.2) is 24.3 Å². The normalized spacial score (nSPS) is 20.4. The number of rotatable bonds is 4. The lowest BCUT2D eigenvalue weighted by Gasteiger charge is -2.34. The lowest BCUT2D eigenvalue weighted by molar-refractivity contribution is -0.0745. The van der Waals surface area contributed by atoms with Crippen LogP contribution in [0.5, 0.6) is 5.75 Å². The zero-order chi connectivity index (χ0) is 15.4. The first-order chi connectivity index (χ1) is 9.97. The van der Waals surface area contributed by atoms with Crippen molar-refractivity contribution in [2.45, 2.75) is 25.7 Å². The molecular weight excluding hydrogens is 284 g/mol. The summed E-state index contributed by atoms with van der Waals surface area (Å²) in [6.45, 7) is -0.204. The Hall–Kier alpha value is -1.73. The van der Waals surface area contributed by atoms with Crippen molar-refractivity contribution >= 4 is 5.91 Å². The zero-order valence-corrected chi connectivity index (χ0v) is 11.5. The highest BCUT2D eigenvalue weighted by molar-refractivity contribution is 5.94.